The lowest BCUT2D eigenvalue weighted by molar-refractivity contribution is -0.122. The molecule has 0 radical (unpaired) electrons. The van der Waals surface area contributed by atoms with E-state index in [9.17, 15) is 4.79 Å². The lowest BCUT2D eigenvalue weighted by atomic mass is 9.98. The highest BCUT2D eigenvalue weighted by atomic mass is 35.5. The number of rotatable bonds is 4. The molecule has 1 atom stereocenters. The number of aromatic nitrogens is 2. The van der Waals surface area contributed by atoms with Gasteiger partial charge in [-0.15, -0.1) is 0 Å². The van der Waals surface area contributed by atoms with E-state index in [4.69, 9.17) is 32.5 Å². The van der Waals surface area contributed by atoms with Crippen LogP contribution < -0.4 is 10.1 Å². The summed E-state index contributed by atoms with van der Waals surface area (Å²) >= 11 is 11.8. The van der Waals surface area contributed by atoms with Crippen LogP contribution in [0.3, 0.4) is 0 Å². The van der Waals surface area contributed by atoms with Gasteiger partial charge >= 0.3 is 0 Å². The molecule has 1 N–H and O–H groups in total. The second-order valence-corrected chi connectivity index (χ2v) is 5.80. The summed E-state index contributed by atoms with van der Waals surface area (Å²) in [6, 6.07) is 4.96. The summed E-state index contributed by atoms with van der Waals surface area (Å²) in [6.45, 7) is 0.752. The monoisotopic (exact) mass is 341 g/mol. The van der Waals surface area contributed by atoms with Gasteiger partial charge in [-0.2, -0.15) is 4.98 Å². The van der Waals surface area contributed by atoms with E-state index in [-0.39, 0.29) is 18.4 Å². The van der Waals surface area contributed by atoms with Gasteiger partial charge < -0.3 is 14.6 Å². The van der Waals surface area contributed by atoms with Gasteiger partial charge in [0.1, 0.15) is 5.75 Å². The number of carbonyl (C=O) groups is 1. The van der Waals surface area contributed by atoms with Crippen molar-refractivity contribution in [3.05, 3.63) is 40.0 Å². The third-order valence-electron chi connectivity index (χ3n) is 3.33. The topological polar surface area (TPSA) is 77.2 Å². The zero-order valence-corrected chi connectivity index (χ0v) is 13.0. The SMILES string of the molecule is O=C1C[C@H](c2nc(COc3ccc(Cl)cc3Cl)no2)CCN1. The Hall–Kier alpha value is -1.79. The first-order chi connectivity index (χ1) is 10.6. The van der Waals surface area contributed by atoms with Crippen molar-refractivity contribution in [3.8, 4) is 5.75 Å². The van der Waals surface area contributed by atoms with E-state index in [2.05, 4.69) is 15.5 Å². The van der Waals surface area contributed by atoms with Crippen LogP contribution in [0.1, 0.15) is 30.5 Å². The summed E-state index contributed by atoms with van der Waals surface area (Å²) in [4.78, 5) is 15.7. The van der Waals surface area contributed by atoms with Gasteiger partial charge in [0.15, 0.2) is 6.61 Å². The van der Waals surface area contributed by atoms with Crippen LogP contribution in [-0.4, -0.2) is 22.6 Å². The normalized spacial score (nSPS) is 18.1. The van der Waals surface area contributed by atoms with E-state index in [1.807, 2.05) is 0 Å². The number of carbonyl (C=O) groups excluding carboxylic acids is 1. The smallest absolute Gasteiger partial charge is 0.230 e. The molecular formula is C14H13Cl2N3O3. The van der Waals surface area contributed by atoms with Gasteiger partial charge in [0.05, 0.1) is 5.02 Å². The molecule has 0 aliphatic carbocycles. The highest BCUT2D eigenvalue weighted by Crippen LogP contribution is 2.28. The first-order valence-electron chi connectivity index (χ1n) is 6.79. The van der Waals surface area contributed by atoms with Gasteiger partial charge in [0.25, 0.3) is 0 Å². The number of hydrogen-bond acceptors (Lipinski definition) is 5. The summed E-state index contributed by atoms with van der Waals surface area (Å²) in [6.07, 6.45) is 1.16. The second kappa shape index (κ2) is 6.54. The minimum atomic E-state index is -0.0332. The highest BCUT2D eigenvalue weighted by Gasteiger charge is 2.25. The summed E-state index contributed by atoms with van der Waals surface area (Å²) in [5.74, 6) is 1.34. The van der Waals surface area contributed by atoms with Crippen LogP contribution in [0.5, 0.6) is 5.75 Å². The van der Waals surface area contributed by atoms with Crippen molar-refractivity contribution in [2.75, 3.05) is 6.54 Å². The molecule has 2 aromatic rings. The first-order valence-corrected chi connectivity index (χ1v) is 7.54. The average molecular weight is 342 g/mol. The number of halogens is 2. The predicted molar refractivity (Wildman–Crippen MR) is 80.1 cm³/mol. The molecule has 3 rings (SSSR count). The maximum atomic E-state index is 11.4. The van der Waals surface area contributed by atoms with Gasteiger partial charge in [0.2, 0.25) is 17.6 Å². The Kier molecular flexibility index (Phi) is 4.49. The summed E-state index contributed by atoms with van der Waals surface area (Å²) in [7, 11) is 0. The molecule has 8 heteroatoms. The minimum absolute atomic E-state index is 0.000182. The molecule has 1 aliphatic heterocycles. The van der Waals surface area contributed by atoms with Crippen LogP contribution in [0, 0.1) is 0 Å². The lowest BCUT2D eigenvalue weighted by Crippen LogP contribution is -2.32. The molecular weight excluding hydrogens is 329 g/mol. The van der Waals surface area contributed by atoms with Gasteiger partial charge in [-0.3, -0.25) is 4.79 Å². The Morgan fingerprint density at radius 2 is 2.27 bits per heavy atom. The summed E-state index contributed by atoms with van der Waals surface area (Å²) in [5, 5.41) is 7.59. The van der Waals surface area contributed by atoms with Crippen LogP contribution in [0.2, 0.25) is 10.0 Å². The standard InChI is InChI=1S/C14H13Cl2N3O3/c15-9-1-2-11(10(16)6-9)21-7-12-18-14(22-19-12)8-3-4-17-13(20)5-8/h1-2,6,8H,3-5,7H2,(H,17,20)/t8-/m1/s1. The van der Waals surface area contributed by atoms with Crippen molar-refractivity contribution in [1.82, 2.24) is 15.5 Å². The Balaban J connectivity index is 1.63. The number of ether oxygens (including phenoxy) is 1. The Bertz CT molecular complexity index is 690. The first kappa shape index (κ1) is 15.1. The summed E-state index contributed by atoms with van der Waals surface area (Å²) in [5.41, 5.74) is 0. The van der Waals surface area contributed by atoms with E-state index in [0.717, 1.165) is 6.42 Å². The van der Waals surface area contributed by atoms with Crippen molar-refractivity contribution in [2.24, 2.45) is 0 Å². The van der Waals surface area contributed by atoms with Crippen molar-refractivity contribution >= 4 is 29.1 Å². The quantitative estimate of drug-likeness (QED) is 0.924. The molecule has 22 heavy (non-hydrogen) atoms. The zero-order chi connectivity index (χ0) is 15.5. The number of amides is 1. The third-order valence-corrected chi connectivity index (χ3v) is 3.86. The van der Waals surface area contributed by atoms with Crippen molar-refractivity contribution in [1.29, 1.82) is 0 Å². The molecule has 0 spiro atoms. The van der Waals surface area contributed by atoms with Crippen LogP contribution in [0.15, 0.2) is 22.7 Å². The number of nitrogens with zero attached hydrogens (tertiary/aromatic N) is 2. The summed E-state index contributed by atoms with van der Waals surface area (Å²) < 4.78 is 10.8. The van der Waals surface area contributed by atoms with Gasteiger partial charge in [-0.05, 0) is 24.6 Å². The minimum Gasteiger partial charge on any atom is -0.484 e. The molecule has 0 bridgehead atoms. The molecule has 1 aromatic heterocycles. The molecule has 0 saturated carbocycles. The number of hydrogen-bond donors (Lipinski definition) is 1. The lowest BCUT2D eigenvalue weighted by Gasteiger charge is -2.18. The molecule has 6 nitrogen and oxygen atoms in total. The Morgan fingerprint density at radius 3 is 3.05 bits per heavy atom. The fourth-order valence-electron chi connectivity index (χ4n) is 2.22. The molecule has 1 aliphatic rings. The van der Waals surface area contributed by atoms with Gasteiger partial charge in [-0.1, -0.05) is 28.4 Å². The van der Waals surface area contributed by atoms with E-state index >= 15 is 0 Å². The van der Waals surface area contributed by atoms with Gasteiger partial charge in [-0.25, -0.2) is 0 Å². The van der Waals surface area contributed by atoms with Crippen LogP contribution in [0.4, 0.5) is 0 Å². The maximum Gasteiger partial charge on any atom is 0.230 e. The van der Waals surface area contributed by atoms with Crippen LogP contribution in [-0.2, 0) is 11.4 Å². The van der Waals surface area contributed by atoms with Crippen molar-refractivity contribution in [3.63, 3.8) is 0 Å². The molecule has 0 unspecified atom stereocenters. The van der Waals surface area contributed by atoms with E-state index in [1.54, 1.807) is 18.2 Å². The number of piperidine rings is 1. The highest BCUT2D eigenvalue weighted by molar-refractivity contribution is 6.35. The number of nitrogens with one attached hydrogen (secondary N) is 1. The van der Waals surface area contributed by atoms with Gasteiger partial charge in [0, 0.05) is 23.9 Å². The molecule has 1 aromatic carbocycles. The predicted octanol–water partition coefficient (Wildman–Crippen LogP) is 2.95. The molecule has 116 valence electrons. The fourth-order valence-corrected chi connectivity index (χ4v) is 2.68. The molecule has 1 saturated heterocycles. The van der Waals surface area contributed by atoms with E-state index in [0.29, 0.717) is 40.5 Å². The molecule has 1 fully saturated rings. The average Bonchev–Trinajstić information content (AvgIpc) is 2.95. The molecule has 1 amide bonds. The van der Waals surface area contributed by atoms with Crippen LogP contribution in [0.25, 0.3) is 0 Å². The fraction of sp³-hybridized carbons (Fsp3) is 0.357. The zero-order valence-electron chi connectivity index (χ0n) is 11.5. The van der Waals surface area contributed by atoms with E-state index in [1.165, 1.54) is 0 Å². The molecule has 2 heterocycles. The second-order valence-electron chi connectivity index (χ2n) is 4.95. The maximum absolute atomic E-state index is 11.4. The van der Waals surface area contributed by atoms with Crippen molar-refractivity contribution in [2.45, 2.75) is 25.4 Å². The third kappa shape index (κ3) is 3.51. The van der Waals surface area contributed by atoms with Crippen LogP contribution >= 0.6 is 23.2 Å². The largest absolute Gasteiger partial charge is 0.484 e. The van der Waals surface area contributed by atoms with E-state index < -0.39 is 0 Å². The Labute approximate surface area is 136 Å². The Morgan fingerprint density at radius 1 is 1.41 bits per heavy atom. The van der Waals surface area contributed by atoms with Crippen molar-refractivity contribution < 1.29 is 14.1 Å². The number of benzene rings is 1.